The number of amides is 2. The van der Waals surface area contributed by atoms with E-state index in [1.165, 1.54) is 12.1 Å². The number of nitrogens with one attached hydrogen (secondary N) is 1. The minimum Gasteiger partial charge on any atom is -0.490 e. The molecule has 2 heterocycles. The van der Waals surface area contributed by atoms with Gasteiger partial charge in [0.2, 0.25) is 0 Å². The van der Waals surface area contributed by atoms with Gasteiger partial charge in [0.25, 0.3) is 0 Å². The SMILES string of the molecule is CN(C)C1CCN(c2ccc(NC(=O)N3CCC(Oc4ccc(C(F)(F)F)cc4)CC3)cc2)C1. The molecule has 2 aliphatic heterocycles. The number of likely N-dealkylation sites (tertiary alicyclic amines) is 1. The number of urea groups is 1. The number of carbonyl (C=O) groups excluding carboxylic acids is 1. The van der Waals surface area contributed by atoms with Crippen LogP contribution in [0.1, 0.15) is 24.8 Å². The molecular formula is C25H31F3N4O2. The molecule has 0 radical (unpaired) electrons. The molecule has 184 valence electrons. The minimum atomic E-state index is -4.36. The smallest absolute Gasteiger partial charge is 0.416 e. The molecule has 6 nitrogen and oxygen atoms in total. The monoisotopic (exact) mass is 476 g/mol. The van der Waals surface area contributed by atoms with E-state index in [-0.39, 0.29) is 12.1 Å². The van der Waals surface area contributed by atoms with Crippen molar-refractivity contribution >= 4 is 17.4 Å². The summed E-state index contributed by atoms with van der Waals surface area (Å²) in [6.07, 6.45) is -2.11. The summed E-state index contributed by atoms with van der Waals surface area (Å²) in [5.41, 5.74) is 1.21. The first kappa shape index (κ1) is 24.2. The zero-order valence-corrected chi connectivity index (χ0v) is 19.5. The summed E-state index contributed by atoms with van der Waals surface area (Å²) in [7, 11) is 4.22. The van der Waals surface area contributed by atoms with Gasteiger partial charge in [-0.2, -0.15) is 13.2 Å². The number of hydrogen-bond donors (Lipinski definition) is 1. The van der Waals surface area contributed by atoms with Crippen LogP contribution in [0.2, 0.25) is 0 Å². The lowest BCUT2D eigenvalue weighted by molar-refractivity contribution is -0.137. The maximum atomic E-state index is 12.7. The minimum absolute atomic E-state index is 0.133. The highest BCUT2D eigenvalue weighted by Gasteiger charge is 2.30. The van der Waals surface area contributed by atoms with E-state index in [0.717, 1.165) is 43.0 Å². The number of rotatable bonds is 5. The fraction of sp³-hybridized carbons (Fsp3) is 0.480. The molecule has 2 aromatic carbocycles. The largest absolute Gasteiger partial charge is 0.490 e. The van der Waals surface area contributed by atoms with E-state index in [2.05, 4.69) is 29.2 Å². The van der Waals surface area contributed by atoms with E-state index >= 15 is 0 Å². The molecule has 0 aliphatic carbocycles. The highest BCUT2D eigenvalue weighted by molar-refractivity contribution is 5.89. The second-order valence-electron chi connectivity index (χ2n) is 9.16. The van der Waals surface area contributed by atoms with E-state index in [1.54, 1.807) is 4.90 Å². The summed E-state index contributed by atoms with van der Waals surface area (Å²) < 4.78 is 43.9. The molecular weight excluding hydrogens is 445 g/mol. The summed E-state index contributed by atoms with van der Waals surface area (Å²) in [6.45, 7) is 3.07. The van der Waals surface area contributed by atoms with Gasteiger partial charge >= 0.3 is 12.2 Å². The van der Waals surface area contributed by atoms with Crippen molar-refractivity contribution in [3.8, 4) is 5.75 Å². The zero-order chi connectivity index (χ0) is 24.3. The Morgan fingerprint density at radius 1 is 0.971 bits per heavy atom. The van der Waals surface area contributed by atoms with Gasteiger partial charge in [-0.3, -0.25) is 0 Å². The Balaban J connectivity index is 1.23. The molecule has 2 amide bonds. The van der Waals surface area contributed by atoms with Gasteiger partial charge in [0.05, 0.1) is 5.56 Å². The highest BCUT2D eigenvalue weighted by Crippen LogP contribution is 2.31. The fourth-order valence-electron chi connectivity index (χ4n) is 4.45. The Morgan fingerprint density at radius 2 is 1.62 bits per heavy atom. The Bertz CT molecular complexity index is 956. The standard InChI is InChI=1S/C25H31F3N4O2/c1-30(2)21-11-14-32(17-21)20-7-5-19(6-8-20)29-24(33)31-15-12-23(13-16-31)34-22-9-3-18(4-10-22)25(26,27)28/h3-10,21,23H,11-17H2,1-2H3,(H,29,33). The predicted octanol–water partition coefficient (Wildman–Crippen LogP) is 4.92. The number of benzene rings is 2. The van der Waals surface area contributed by atoms with Crippen LogP contribution in [0, 0.1) is 0 Å². The van der Waals surface area contributed by atoms with Crippen molar-refractivity contribution < 1.29 is 22.7 Å². The van der Waals surface area contributed by atoms with Crippen LogP contribution in [0.15, 0.2) is 48.5 Å². The van der Waals surface area contributed by atoms with Crippen molar-refractivity contribution in [1.29, 1.82) is 0 Å². The maximum Gasteiger partial charge on any atom is 0.416 e. The van der Waals surface area contributed by atoms with Gasteiger partial charge in [-0.05, 0) is 69.0 Å². The van der Waals surface area contributed by atoms with Crippen LogP contribution in [-0.4, -0.2) is 68.3 Å². The number of anilines is 2. The molecule has 0 bridgehead atoms. The lowest BCUT2D eigenvalue weighted by Gasteiger charge is -2.32. The number of hydrogen-bond acceptors (Lipinski definition) is 4. The van der Waals surface area contributed by atoms with Crippen LogP contribution < -0.4 is 15.0 Å². The topological polar surface area (TPSA) is 48.0 Å². The van der Waals surface area contributed by atoms with Gasteiger partial charge in [-0.15, -0.1) is 0 Å². The van der Waals surface area contributed by atoms with Gasteiger partial charge in [-0.1, -0.05) is 0 Å². The fourth-order valence-corrected chi connectivity index (χ4v) is 4.45. The van der Waals surface area contributed by atoms with Gasteiger partial charge in [0, 0.05) is 56.4 Å². The third kappa shape index (κ3) is 5.94. The summed E-state index contributed by atoms with van der Waals surface area (Å²) in [6, 6.07) is 13.1. The zero-order valence-electron chi connectivity index (χ0n) is 19.5. The molecule has 4 rings (SSSR count). The molecule has 2 saturated heterocycles. The Hall–Kier alpha value is -2.94. The van der Waals surface area contributed by atoms with Crippen LogP contribution in [0.25, 0.3) is 0 Å². The number of piperidine rings is 1. The first-order chi connectivity index (χ1) is 16.2. The normalized spacial score (nSPS) is 19.5. The van der Waals surface area contributed by atoms with Crippen molar-refractivity contribution in [2.45, 2.75) is 37.6 Å². The molecule has 9 heteroatoms. The third-order valence-corrected chi connectivity index (χ3v) is 6.59. The van der Waals surface area contributed by atoms with Crippen LogP contribution in [0.3, 0.4) is 0 Å². The Labute approximate surface area is 198 Å². The maximum absolute atomic E-state index is 12.7. The molecule has 2 aromatic rings. The van der Waals surface area contributed by atoms with E-state index in [0.29, 0.717) is 37.7 Å². The quantitative estimate of drug-likeness (QED) is 0.666. The van der Waals surface area contributed by atoms with Crippen molar-refractivity contribution in [2.75, 3.05) is 50.5 Å². The van der Waals surface area contributed by atoms with E-state index in [4.69, 9.17) is 4.74 Å². The van der Waals surface area contributed by atoms with Crippen molar-refractivity contribution in [3.05, 3.63) is 54.1 Å². The first-order valence-corrected chi connectivity index (χ1v) is 11.6. The second kappa shape index (κ2) is 10.1. The van der Waals surface area contributed by atoms with Gasteiger partial charge < -0.3 is 24.8 Å². The van der Waals surface area contributed by atoms with Crippen molar-refractivity contribution in [2.24, 2.45) is 0 Å². The van der Waals surface area contributed by atoms with E-state index in [1.807, 2.05) is 24.3 Å². The molecule has 2 fully saturated rings. The van der Waals surface area contributed by atoms with Crippen LogP contribution in [0.5, 0.6) is 5.75 Å². The molecule has 0 aromatic heterocycles. The number of likely N-dealkylation sites (N-methyl/N-ethyl adjacent to an activating group) is 1. The van der Waals surface area contributed by atoms with Crippen LogP contribution >= 0.6 is 0 Å². The third-order valence-electron chi connectivity index (χ3n) is 6.59. The first-order valence-electron chi connectivity index (χ1n) is 11.6. The average Bonchev–Trinajstić information content (AvgIpc) is 3.31. The van der Waals surface area contributed by atoms with Crippen LogP contribution in [0.4, 0.5) is 29.3 Å². The van der Waals surface area contributed by atoms with Crippen molar-refractivity contribution in [3.63, 3.8) is 0 Å². The Morgan fingerprint density at radius 3 is 2.18 bits per heavy atom. The number of halogens is 3. The molecule has 0 spiro atoms. The Kier molecular flexibility index (Phi) is 7.21. The van der Waals surface area contributed by atoms with Gasteiger partial charge in [-0.25, -0.2) is 4.79 Å². The number of carbonyl (C=O) groups is 1. The molecule has 1 atom stereocenters. The lowest BCUT2D eigenvalue weighted by Crippen LogP contribution is -2.43. The molecule has 1 N–H and O–H groups in total. The predicted molar refractivity (Wildman–Crippen MR) is 126 cm³/mol. The summed E-state index contributed by atoms with van der Waals surface area (Å²) in [5.74, 6) is 0.408. The number of alkyl halides is 3. The molecule has 0 saturated carbocycles. The van der Waals surface area contributed by atoms with Crippen LogP contribution in [-0.2, 0) is 6.18 Å². The van der Waals surface area contributed by atoms with E-state index < -0.39 is 11.7 Å². The molecule has 34 heavy (non-hydrogen) atoms. The summed E-state index contributed by atoms with van der Waals surface area (Å²) >= 11 is 0. The summed E-state index contributed by atoms with van der Waals surface area (Å²) in [4.78, 5) is 19.0. The number of nitrogens with zero attached hydrogens (tertiary/aromatic N) is 3. The van der Waals surface area contributed by atoms with Gasteiger partial charge in [0.15, 0.2) is 0 Å². The number of ether oxygens (including phenoxy) is 1. The van der Waals surface area contributed by atoms with Crippen molar-refractivity contribution in [1.82, 2.24) is 9.80 Å². The lowest BCUT2D eigenvalue weighted by atomic mass is 10.1. The second-order valence-corrected chi connectivity index (χ2v) is 9.16. The van der Waals surface area contributed by atoms with E-state index in [9.17, 15) is 18.0 Å². The van der Waals surface area contributed by atoms with Gasteiger partial charge in [0.1, 0.15) is 11.9 Å². The molecule has 2 aliphatic rings. The summed E-state index contributed by atoms with van der Waals surface area (Å²) in [5, 5.41) is 2.95. The molecule has 1 unspecified atom stereocenters. The average molecular weight is 477 g/mol. The highest BCUT2D eigenvalue weighted by atomic mass is 19.4.